The van der Waals surface area contributed by atoms with Crippen LogP contribution in [0.1, 0.15) is 38.1 Å². The van der Waals surface area contributed by atoms with Crippen LogP contribution in [0.2, 0.25) is 0 Å². The fourth-order valence-electron chi connectivity index (χ4n) is 4.09. The Morgan fingerprint density at radius 3 is 2.54 bits per heavy atom. The van der Waals surface area contributed by atoms with Gasteiger partial charge in [-0.1, -0.05) is 17.3 Å². The van der Waals surface area contributed by atoms with Crippen LogP contribution in [0.15, 0.2) is 65.3 Å². The van der Waals surface area contributed by atoms with Gasteiger partial charge in [-0.3, -0.25) is 9.59 Å². The molecular formula is C27H31N5O5. The van der Waals surface area contributed by atoms with Gasteiger partial charge in [0.2, 0.25) is 11.8 Å². The highest BCUT2D eigenvalue weighted by Crippen LogP contribution is 2.35. The lowest BCUT2D eigenvalue weighted by atomic mass is 9.99. The van der Waals surface area contributed by atoms with Crippen molar-refractivity contribution >= 4 is 22.8 Å². The summed E-state index contributed by atoms with van der Waals surface area (Å²) in [6, 6.07) is 15.0. The molecule has 0 aliphatic carbocycles. The molecule has 2 heterocycles. The van der Waals surface area contributed by atoms with E-state index in [1.54, 1.807) is 30.3 Å². The lowest BCUT2D eigenvalue weighted by molar-refractivity contribution is -0.143. The SMILES string of the molecule is COc1ccc(OC)c([C@@H](C(=O)NC(C)(C)C)N(Cc2ccco2)C(=O)Cn2nnc3ccccc32)c1. The number of rotatable bonds is 9. The molecule has 0 radical (unpaired) electrons. The maximum Gasteiger partial charge on any atom is 0.248 e. The summed E-state index contributed by atoms with van der Waals surface area (Å²) in [5.74, 6) is 0.760. The van der Waals surface area contributed by atoms with Gasteiger partial charge < -0.3 is 24.1 Å². The Morgan fingerprint density at radius 1 is 1.08 bits per heavy atom. The van der Waals surface area contributed by atoms with E-state index in [2.05, 4.69) is 15.6 Å². The number of para-hydroxylation sites is 1. The fraction of sp³-hybridized carbons (Fsp3) is 0.333. The number of methoxy groups -OCH3 is 2. The van der Waals surface area contributed by atoms with Gasteiger partial charge >= 0.3 is 0 Å². The number of nitrogens with zero attached hydrogens (tertiary/aromatic N) is 4. The second kappa shape index (κ2) is 10.7. The molecule has 10 nitrogen and oxygen atoms in total. The van der Waals surface area contributed by atoms with Crippen LogP contribution in [-0.2, 0) is 22.7 Å². The lowest BCUT2D eigenvalue weighted by Crippen LogP contribution is -2.49. The van der Waals surface area contributed by atoms with Crippen molar-refractivity contribution in [3.05, 3.63) is 72.2 Å². The zero-order valence-corrected chi connectivity index (χ0v) is 21.6. The molecule has 4 rings (SSSR count). The van der Waals surface area contributed by atoms with Crippen molar-refractivity contribution in [2.45, 2.75) is 45.4 Å². The lowest BCUT2D eigenvalue weighted by Gasteiger charge is -2.34. The predicted octanol–water partition coefficient (Wildman–Crippen LogP) is 3.73. The summed E-state index contributed by atoms with van der Waals surface area (Å²) in [5.41, 5.74) is 1.31. The van der Waals surface area contributed by atoms with Gasteiger partial charge in [-0.25, -0.2) is 4.68 Å². The van der Waals surface area contributed by atoms with Gasteiger partial charge in [0.05, 0.1) is 32.5 Å². The predicted molar refractivity (Wildman–Crippen MR) is 137 cm³/mol. The average Bonchev–Trinajstić information content (AvgIpc) is 3.52. The molecule has 0 aliphatic rings. The summed E-state index contributed by atoms with van der Waals surface area (Å²) in [5, 5.41) is 11.3. The van der Waals surface area contributed by atoms with E-state index in [9.17, 15) is 9.59 Å². The van der Waals surface area contributed by atoms with E-state index in [1.165, 1.54) is 30.1 Å². The van der Waals surface area contributed by atoms with Crippen LogP contribution in [0, 0.1) is 0 Å². The molecule has 0 aliphatic heterocycles. The van der Waals surface area contributed by atoms with E-state index >= 15 is 0 Å². The third-order valence-corrected chi connectivity index (χ3v) is 5.72. The van der Waals surface area contributed by atoms with Gasteiger partial charge in [0.15, 0.2) is 0 Å². The van der Waals surface area contributed by atoms with Crippen molar-refractivity contribution in [2.75, 3.05) is 14.2 Å². The molecule has 0 saturated carbocycles. The first-order valence-electron chi connectivity index (χ1n) is 11.8. The van der Waals surface area contributed by atoms with Crippen LogP contribution in [0.4, 0.5) is 0 Å². The smallest absolute Gasteiger partial charge is 0.248 e. The van der Waals surface area contributed by atoms with Crippen LogP contribution < -0.4 is 14.8 Å². The number of nitrogens with one attached hydrogen (secondary N) is 1. The summed E-state index contributed by atoms with van der Waals surface area (Å²) in [6.45, 7) is 5.55. The second-order valence-corrected chi connectivity index (χ2v) is 9.59. The molecule has 194 valence electrons. The molecule has 0 spiro atoms. The second-order valence-electron chi connectivity index (χ2n) is 9.59. The Kier molecular flexibility index (Phi) is 7.47. The maximum atomic E-state index is 14.0. The molecular weight excluding hydrogens is 474 g/mol. The number of furan rings is 1. The number of carbonyl (C=O) groups excluding carboxylic acids is 2. The number of aromatic nitrogens is 3. The minimum Gasteiger partial charge on any atom is -0.497 e. The van der Waals surface area contributed by atoms with Gasteiger partial charge in [0.1, 0.15) is 35.4 Å². The highest BCUT2D eigenvalue weighted by molar-refractivity contribution is 5.90. The molecule has 0 saturated heterocycles. The molecule has 1 N–H and O–H groups in total. The highest BCUT2D eigenvalue weighted by atomic mass is 16.5. The van der Waals surface area contributed by atoms with E-state index in [0.717, 1.165) is 0 Å². The van der Waals surface area contributed by atoms with Crippen molar-refractivity contribution in [2.24, 2.45) is 0 Å². The quantitative estimate of drug-likeness (QED) is 0.369. The standard InChI is InChI=1S/C27H31N5O5/c1-27(2,3)28-26(34)25(20-15-18(35-4)12-13-23(20)36-5)31(16-19-9-8-14-37-19)24(33)17-32-22-11-7-6-10-21(22)29-30-32/h6-15,25H,16-17H2,1-5H3,(H,28,34)/t25-/m0/s1. The van der Waals surface area contributed by atoms with Gasteiger partial charge in [0, 0.05) is 11.1 Å². The van der Waals surface area contributed by atoms with Crippen molar-refractivity contribution in [1.82, 2.24) is 25.2 Å². The number of fused-ring (bicyclic) bond motifs is 1. The first-order chi connectivity index (χ1) is 17.7. The number of benzene rings is 2. The fourth-order valence-corrected chi connectivity index (χ4v) is 4.09. The van der Waals surface area contributed by atoms with Gasteiger partial charge in [-0.2, -0.15) is 0 Å². The van der Waals surface area contributed by atoms with E-state index in [4.69, 9.17) is 13.9 Å². The Hall–Kier alpha value is -4.34. The van der Waals surface area contributed by atoms with Gasteiger partial charge in [-0.15, -0.1) is 5.10 Å². The van der Waals surface area contributed by atoms with E-state index in [-0.39, 0.29) is 24.9 Å². The summed E-state index contributed by atoms with van der Waals surface area (Å²) in [7, 11) is 3.06. The summed E-state index contributed by atoms with van der Waals surface area (Å²) in [6.07, 6.45) is 1.53. The van der Waals surface area contributed by atoms with E-state index < -0.39 is 11.6 Å². The first-order valence-corrected chi connectivity index (χ1v) is 11.8. The summed E-state index contributed by atoms with van der Waals surface area (Å²) >= 11 is 0. The van der Waals surface area contributed by atoms with Crippen molar-refractivity contribution in [3.8, 4) is 11.5 Å². The Balaban J connectivity index is 1.82. The van der Waals surface area contributed by atoms with Crippen molar-refractivity contribution in [3.63, 3.8) is 0 Å². The zero-order chi connectivity index (χ0) is 26.6. The number of ether oxygens (including phenoxy) is 2. The van der Waals surface area contributed by atoms with Crippen LogP contribution in [0.25, 0.3) is 11.0 Å². The first kappa shape index (κ1) is 25.7. The molecule has 37 heavy (non-hydrogen) atoms. The van der Waals surface area contributed by atoms with Gasteiger partial charge in [0.25, 0.3) is 0 Å². The van der Waals surface area contributed by atoms with Crippen molar-refractivity contribution in [1.29, 1.82) is 0 Å². The molecule has 2 amide bonds. The van der Waals surface area contributed by atoms with Crippen LogP contribution in [-0.4, -0.2) is 51.5 Å². The Morgan fingerprint density at radius 2 is 1.86 bits per heavy atom. The van der Waals surface area contributed by atoms with Gasteiger partial charge in [-0.05, 0) is 63.2 Å². The summed E-state index contributed by atoms with van der Waals surface area (Å²) in [4.78, 5) is 29.3. The molecule has 0 fully saturated rings. The zero-order valence-electron chi connectivity index (χ0n) is 21.6. The molecule has 0 unspecified atom stereocenters. The summed E-state index contributed by atoms with van der Waals surface area (Å²) < 4.78 is 18.1. The average molecular weight is 506 g/mol. The molecule has 2 aromatic heterocycles. The van der Waals surface area contributed by atoms with Crippen molar-refractivity contribution < 1.29 is 23.5 Å². The topological polar surface area (TPSA) is 112 Å². The van der Waals surface area contributed by atoms with Crippen LogP contribution in [0.3, 0.4) is 0 Å². The molecule has 0 bridgehead atoms. The van der Waals surface area contributed by atoms with E-state index in [1.807, 2.05) is 45.0 Å². The number of hydrogen-bond donors (Lipinski definition) is 1. The minimum absolute atomic E-state index is 0.0427. The van der Waals surface area contributed by atoms with Crippen LogP contribution in [0.5, 0.6) is 11.5 Å². The third-order valence-electron chi connectivity index (χ3n) is 5.72. The van der Waals surface area contributed by atoms with Crippen LogP contribution >= 0.6 is 0 Å². The normalized spacial score (nSPS) is 12.2. The number of carbonyl (C=O) groups is 2. The molecule has 10 heteroatoms. The molecule has 2 aromatic carbocycles. The molecule has 4 aromatic rings. The number of amides is 2. The van der Waals surface area contributed by atoms with E-state index in [0.29, 0.717) is 33.9 Å². The minimum atomic E-state index is -1.06. The highest BCUT2D eigenvalue weighted by Gasteiger charge is 2.36. The largest absolute Gasteiger partial charge is 0.497 e. The third kappa shape index (κ3) is 5.91. The molecule has 1 atom stereocenters. The maximum absolute atomic E-state index is 14.0. The Labute approximate surface area is 215 Å². The Bertz CT molecular complexity index is 1370. The monoisotopic (exact) mass is 505 g/mol. The number of hydrogen-bond acceptors (Lipinski definition) is 7.